The van der Waals surface area contributed by atoms with Crippen LogP contribution in [0.2, 0.25) is 0 Å². The van der Waals surface area contributed by atoms with Crippen molar-refractivity contribution in [1.82, 2.24) is 25.0 Å². The Hall–Kier alpha value is -3.51. The lowest BCUT2D eigenvalue weighted by Gasteiger charge is -2.39. The van der Waals surface area contributed by atoms with Gasteiger partial charge in [0, 0.05) is 82.4 Å². The number of anilines is 2. The molecule has 3 N–H and O–H groups in total. The van der Waals surface area contributed by atoms with E-state index in [1.807, 2.05) is 24.8 Å². The highest BCUT2D eigenvalue weighted by Gasteiger charge is 2.47. The van der Waals surface area contributed by atoms with E-state index < -0.39 is 47.3 Å². The van der Waals surface area contributed by atoms with Gasteiger partial charge >= 0.3 is 0 Å². The minimum atomic E-state index is -3.16. The van der Waals surface area contributed by atoms with Crippen LogP contribution in [0, 0.1) is 10.1 Å². The van der Waals surface area contributed by atoms with Gasteiger partial charge in [0.2, 0.25) is 5.91 Å². The molecule has 14 nitrogen and oxygen atoms in total. The van der Waals surface area contributed by atoms with Crippen molar-refractivity contribution in [2.75, 3.05) is 70.7 Å². The molecule has 2 aromatic rings. The highest BCUT2D eigenvalue weighted by molar-refractivity contribution is 9.10. The molecule has 2 amide bonds. The number of amides is 2. The molecule has 1 unspecified atom stereocenters. The van der Waals surface area contributed by atoms with Crippen molar-refractivity contribution in [3.63, 3.8) is 0 Å². The zero-order valence-electron chi connectivity index (χ0n) is 28.7. The summed E-state index contributed by atoms with van der Waals surface area (Å²) in [6, 6.07) is 2.02. The average molecular weight is 768 g/mol. The van der Waals surface area contributed by atoms with Gasteiger partial charge in [-0.15, -0.1) is 0 Å². The van der Waals surface area contributed by atoms with Crippen molar-refractivity contribution >= 4 is 44.8 Å². The number of ether oxygens (including phenoxy) is 2. The maximum Gasteiger partial charge on any atom is 0.294 e. The fourth-order valence-corrected chi connectivity index (χ4v) is 7.49. The van der Waals surface area contributed by atoms with Crippen molar-refractivity contribution in [2.45, 2.75) is 69.5 Å². The van der Waals surface area contributed by atoms with Gasteiger partial charge in [-0.2, -0.15) is 0 Å². The van der Waals surface area contributed by atoms with Crippen LogP contribution in [0.1, 0.15) is 42.6 Å². The van der Waals surface area contributed by atoms with E-state index in [9.17, 15) is 19.7 Å². The first-order chi connectivity index (χ1) is 23.8. The number of nitrogens with one attached hydrogen (secondary N) is 3. The number of halogens is 3. The number of carbonyl (C=O) groups excluding carboxylic acids is 2. The van der Waals surface area contributed by atoms with Gasteiger partial charge in [-0.05, 0) is 44.4 Å². The van der Waals surface area contributed by atoms with Crippen LogP contribution in [0.25, 0.3) is 0 Å². The lowest BCUT2D eigenvalue weighted by molar-refractivity contribution is -0.384. The smallest absolute Gasteiger partial charge is 0.294 e. The van der Waals surface area contributed by atoms with Crippen molar-refractivity contribution in [1.29, 1.82) is 0 Å². The molecule has 17 heteroatoms. The van der Waals surface area contributed by atoms with E-state index in [-0.39, 0.29) is 55.1 Å². The number of pyridine rings is 1. The molecular formula is C33H45BrF2N8O6. The molecule has 1 aromatic heterocycles. The number of morpholine rings is 1. The number of hydrogen-bond donors (Lipinski definition) is 3. The fourth-order valence-electron chi connectivity index (χ4n) is 7.04. The second kappa shape index (κ2) is 16.2. The lowest BCUT2D eigenvalue weighted by atomic mass is 9.99. The number of nitro benzene ring substituents is 1. The van der Waals surface area contributed by atoms with Gasteiger partial charge in [-0.3, -0.25) is 34.5 Å². The van der Waals surface area contributed by atoms with Crippen LogP contribution in [0.3, 0.4) is 0 Å². The molecule has 0 bridgehead atoms. The minimum Gasteiger partial charge on any atom is -0.387 e. The number of nitrogens with zero attached hydrogens (tertiary/aromatic N) is 5. The highest BCUT2D eigenvalue weighted by atomic mass is 79.9. The van der Waals surface area contributed by atoms with Crippen LogP contribution in [0.4, 0.5) is 25.8 Å². The second-order valence-electron chi connectivity index (χ2n) is 13.3. The molecule has 4 heterocycles. The molecule has 5 atom stereocenters. The number of hydrogen-bond acceptors (Lipinski definition) is 11. The summed E-state index contributed by atoms with van der Waals surface area (Å²) in [7, 11) is 3.28. The zero-order chi connectivity index (χ0) is 36.2. The van der Waals surface area contributed by atoms with Crippen molar-refractivity contribution in [3.8, 4) is 0 Å². The topological polar surface area (TPSA) is 154 Å². The molecule has 3 aliphatic heterocycles. The number of piperidine rings is 1. The third kappa shape index (κ3) is 9.04. The van der Waals surface area contributed by atoms with E-state index in [0.29, 0.717) is 37.3 Å². The standard InChI is InChI=1S/C33H45BrF2N8O6/c1-20-15-43(16-21(2)50-20)32(46)26-10-23(34)11-27(44(47)48)30(26)39-25-12-28(42(18-25)17-22-9-24(37-3)14-38-13-22)31(45)40-29-5-6-41(7-8-49-4)19-33(29,35)36/h9-11,13-14,20-21,25,28-29,37,39H,5-8,12,15-19H2,1-4H3,(H,40,45)/t20-,21+,25-,28+,29?/m1/s1. The number of likely N-dealkylation sites (tertiary alicyclic amines) is 2. The Balaban J connectivity index is 1.41. The molecule has 0 aliphatic carbocycles. The monoisotopic (exact) mass is 766 g/mol. The first-order valence-corrected chi connectivity index (χ1v) is 17.5. The van der Waals surface area contributed by atoms with Crippen molar-refractivity contribution < 1.29 is 32.8 Å². The van der Waals surface area contributed by atoms with Gasteiger partial charge in [0.1, 0.15) is 5.69 Å². The Kier molecular flexibility index (Phi) is 12.2. The van der Waals surface area contributed by atoms with Gasteiger partial charge in [-0.1, -0.05) is 15.9 Å². The number of nitro groups is 1. The first kappa shape index (κ1) is 37.7. The van der Waals surface area contributed by atoms with Gasteiger partial charge in [0.25, 0.3) is 17.5 Å². The van der Waals surface area contributed by atoms with Gasteiger partial charge in [-0.25, -0.2) is 8.78 Å². The van der Waals surface area contributed by atoms with E-state index in [1.54, 1.807) is 35.3 Å². The van der Waals surface area contributed by atoms with Gasteiger partial charge < -0.3 is 30.3 Å². The van der Waals surface area contributed by atoms with E-state index >= 15 is 8.78 Å². The maximum absolute atomic E-state index is 15.3. The van der Waals surface area contributed by atoms with E-state index in [1.165, 1.54) is 13.2 Å². The molecule has 3 aliphatic rings. The number of carbonyl (C=O) groups is 2. The molecule has 0 saturated carbocycles. The molecule has 1 aromatic carbocycles. The minimum absolute atomic E-state index is 0.0369. The number of aromatic nitrogens is 1. The van der Waals surface area contributed by atoms with Crippen LogP contribution in [-0.4, -0.2) is 133 Å². The average Bonchev–Trinajstić information content (AvgIpc) is 3.46. The first-order valence-electron chi connectivity index (χ1n) is 16.7. The summed E-state index contributed by atoms with van der Waals surface area (Å²) in [5, 5.41) is 21.3. The van der Waals surface area contributed by atoms with Crippen molar-refractivity contribution in [3.05, 3.63) is 56.3 Å². The molecular weight excluding hydrogens is 722 g/mol. The fraction of sp³-hybridized carbons (Fsp3) is 0.606. The molecule has 0 radical (unpaired) electrons. The maximum atomic E-state index is 15.3. The Morgan fingerprint density at radius 3 is 2.58 bits per heavy atom. The van der Waals surface area contributed by atoms with Gasteiger partial charge in [0.05, 0.1) is 53.6 Å². The van der Waals surface area contributed by atoms with Crippen LogP contribution >= 0.6 is 15.9 Å². The van der Waals surface area contributed by atoms with Crippen LogP contribution in [0.5, 0.6) is 0 Å². The van der Waals surface area contributed by atoms with E-state index in [2.05, 4.69) is 36.9 Å². The Morgan fingerprint density at radius 1 is 1.18 bits per heavy atom. The molecule has 5 rings (SSSR count). The summed E-state index contributed by atoms with van der Waals surface area (Å²) in [5.41, 5.74) is 1.39. The Bertz CT molecular complexity index is 1550. The number of benzene rings is 1. The Morgan fingerprint density at radius 2 is 1.92 bits per heavy atom. The van der Waals surface area contributed by atoms with Crippen LogP contribution in [0.15, 0.2) is 35.1 Å². The third-order valence-electron chi connectivity index (χ3n) is 9.35. The quantitative estimate of drug-likeness (QED) is 0.215. The predicted octanol–water partition coefficient (Wildman–Crippen LogP) is 3.57. The summed E-state index contributed by atoms with van der Waals surface area (Å²) in [5.74, 6) is -4.10. The lowest BCUT2D eigenvalue weighted by Crippen LogP contribution is -2.60. The molecule has 3 saturated heterocycles. The summed E-state index contributed by atoms with van der Waals surface area (Å²) in [6.45, 7) is 5.45. The summed E-state index contributed by atoms with van der Waals surface area (Å²) in [4.78, 5) is 49.0. The number of alkyl halides is 2. The SMILES string of the molecule is CNc1cncc(CN2C[C@H](Nc3c(C(=O)N4C[C@@H](C)O[C@@H](C)C4)cc(Br)cc3[N+](=O)[O-])C[C@H]2C(=O)NC2CCN(CCOC)CC2(F)F)c1. The van der Waals surface area contributed by atoms with Crippen molar-refractivity contribution in [2.24, 2.45) is 0 Å². The predicted molar refractivity (Wildman–Crippen MR) is 187 cm³/mol. The Labute approximate surface area is 298 Å². The van der Waals surface area contributed by atoms with Gasteiger partial charge in [0.15, 0.2) is 0 Å². The molecule has 274 valence electrons. The van der Waals surface area contributed by atoms with E-state index in [4.69, 9.17) is 9.47 Å². The molecule has 3 fully saturated rings. The molecule has 0 spiro atoms. The van der Waals surface area contributed by atoms with E-state index in [0.717, 1.165) is 11.3 Å². The highest BCUT2D eigenvalue weighted by Crippen LogP contribution is 2.36. The number of methoxy groups -OCH3 is 1. The largest absolute Gasteiger partial charge is 0.387 e. The molecule has 50 heavy (non-hydrogen) atoms. The third-order valence-corrected chi connectivity index (χ3v) is 9.80. The second-order valence-corrected chi connectivity index (χ2v) is 14.2. The van der Waals surface area contributed by atoms with Crippen LogP contribution in [-0.2, 0) is 20.8 Å². The normalized spacial score (nSPS) is 25.7. The zero-order valence-corrected chi connectivity index (χ0v) is 30.3. The van der Waals surface area contributed by atoms with Crippen LogP contribution < -0.4 is 16.0 Å². The summed E-state index contributed by atoms with van der Waals surface area (Å²) < 4.78 is 41.8. The summed E-state index contributed by atoms with van der Waals surface area (Å²) >= 11 is 3.33. The summed E-state index contributed by atoms with van der Waals surface area (Å²) in [6.07, 6.45) is 3.11. The number of rotatable bonds is 12.